The molecule has 8 heteroatoms. The van der Waals surface area contributed by atoms with E-state index in [1.54, 1.807) is 24.3 Å². The average molecular weight is 403 g/mol. The van der Waals surface area contributed by atoms with Crippen molar-refractivity contribution in [1.29, 1.82) is 0 Å². The third kappa shape index (κ3) is 5.30. The van der Waals surface area contributed by atoms with Crippen LogP contribution in [0.15, 0.2) is 53.7 Å². The van der Waals surface area contributed by atoms with Gasteiger partial charge in [-0.15, -0.1) is 0 Å². The summed E-state index contributed by atoms with van der Waals surface area (Å²) < 4.78 is 27.4. The number of anilines is 1. The van der Waals surface area contributed by atoms with Gasteiger partial charge < -0.3 is 10.2 Å². The molecule has 1 aliphatic rings. The monoisotopic (exact) mass is 402 g/mol. The molecule has 3 rings (SSSR count). The molecule has 1 aromatic heterocycles. The van der Waals surface area contributed by atoms with E-state index in [0.717, 1.165) is 38.9 Å². The Hall–Kier alpha value is -2.45. The zero-order valence-corrected chi connectivity index (χ0v) is 16.8. The lowest BCUT2D eigenvalue weighted by molar-refractivity contribution is 0.0911. The molecule has 1 saturated heterocycles. The van der Waals surface area contributed by atoms with Crippen molar-refractivity contribution in [2.45, 2.75) is 37.1 Å². The number of nitrogens with one attached hydrogen (secondary N) is 2. The molecule has 2 aromatic rings. The maximum absolute atomic E-state index is 12.5. The minimum Gasteiger partial charge on any atom is -0.349 e. The maximum Gasteiger partial charge on any atom is 0.261 e. The molecule has 2 heterocycles. The van der Waals surface area contributed by atoms with Gasteiger partial charge in [0.2, 0.25) is 0 Å². The Bertz CT molecular complexity index is 877. The van der Waals surface area contributed by atoms with Crippen molar-refractivity contribution in [2.75, 3.05) is 24.4 Å². The fraction of sp³-hybridized carbons (Fsp3) is 0.400. The first-order valence-corrected chi connectivity index (χ1v) is 11.0. The van der Waals surface area contributed by atoms with Gasteiger partial charge >= 0.3 is 0 Å². The Labute approximate surface area is 166 Å². The third-order valence-corrected chi connectivity index (χ3v) is 6.22. The largest absolute Gasteiger partial charge is 0.349 e. The number of carbonyl (C=O) groups is 1. The molecule has 0 saturated carbocycles. The summed E-state index contributed by atoms with van der Waals surface area (Å²) in [5.41, 5.74) is 0.894. The lowest BCUT2D eigenvalue weighted by Gasteiger charge is -2.32. The molecular weight excluding hydrogens is 376 g/mol. The number of carbonyl (C=O) groups excluding carboxylic acids is 1. The summed E-state index contributed by atoms with van der Waals surface area (Å²) in [4.78, 5) is 18.9. The Balaban J connectivity index is 1.58. The van der Waals surface area contributed by atoms with Crippen LogP contribution in [0.2, 0.25) is 0 Å². The van der Waals surface area contributed by atoms with E-state index in [0.29, 0.717) is 11.3 Å². The van der Waals surface area contributed by atoms with E-state index in [1.165, 1.54) is 24.5 Å². The minimum absolute atomic E-state index is 0.105. The van der Waals surface area contributed by atoms with Crippen LogP contribution in [0.4, 0.5) is 5.69 Å². The molecule has 0 atom stereocenters. The van der Waals surface area contributed by atoms with Crippen molar-refractivity contribution >= 4 is 21.6 Å². The van der Waals surface area contributed by atoms with Gasteiger partial charge in [0, 0.05) is 37.1 Å². The number of hydrogen-bond acceptors (Lipinski definition) is 5. The molecule has 0 unspecified atom stereocenters. The quantitative estimate of drug-likeness (QED) is 0.742. The summed E-state index contributed by atoms with van der Waals surface area (Å²) in [6.45, 7) is 5.27. The topological polar surface area (TPSA) is 91.4 Å². The minimum atomic E-state index is -3.71. The predicted octanol–water partition coefficient (Wildman–Crippen LogP) is 2.49. The lowest BCUT2D eigenvalue weighted by Crippen LogP contribution is -2.44. The van der Waals surface area contributed by atoms with Crippen LogP contribution in [0.3, 0.4) is 0 Å². The number of amides is 1. The number of aromatic nitrogens is 1. The molecule has 28 heavy (non-hydrogen) atoms. The standard InChI is InChI=1S/C20H26N4O3S/c1-2-13-24-14-9-17(10-15-24)22-20(25)16-3-5-19(6-4-16)28(26,27)23-18-7-11-21-12-8-18/h3-8,11-12,17H,2,9-10,13-15H2,1H3,(H,21,23)(H,22,25). The van der Waals surface area contributed by atoms with E-state index in [-0.39, 0.29) is 16.8 Å². The zero-order chi connectivity index (χ0) is 20.0. The first-order valence-electron chi connectivity index (χ1n) is 9.54. The molecule has 2 N–H and O–H groups in total. The molecule has 1 aliphatic heterocycles. The number of pyridine rings is 1. The van der Waals surface area contributed by atoms with Crippen LogP contribution in [-0.2, 0) is 10.0 Å². The van der Waals surface area contributed by atoms with Gasteiger partial charge in [-0.3, -0.25) is 14.5 Å². The molecule has 1 aromatic carbocycles. The van der Waals surface area contributed by atoms with Gasteiger partial charge in [-0.05, 0) is 62.2 Å². The first-order chi connectivity index (χ1) is 13.5. The Morgan fingerprint density at radius 3 is 2.36 bits per heavy atom. The fourth-order valence-corrected chi connectivity index (χ4v) is 4.36. The van der Waals surface area contributed by atoms with Crippen LogP contribution in [0.1, 0.15) is 36.5 Å². The fourth-order valence-electron chi connectivity index (χ4n) is 3.31. The number of rotatable bonds is 7. The summed E-state index contributed by atoms with van der Waals surface area (Å²) in [5.74, 6) is -0.167. The Morgan fingerprint density at radius 1 is 1.11 bits per heavy atom. The number of nitrogens with zero attached hydrogens (tertiary/aromatic N) is 2. The van der Waals surface area contributed by atoms with E-state index in [9.17, 15) is 13.2 Å². The molecule has 0 bridgehead atoms. The Kier molecular flexibility index (Phi) is 6.64. The molecule has 7 nitrogen and oxygen atoms in total. The van der Waals surface area contributed by atoms with Gasteiger partial charge in [0.05, 0.1) is 10.6 Å². The summed E-state index contributed by atoms with van der Waals surface area (Å²) in [6.07, 6.45) is 6.04. The van der Waals surface area contributed by atoms with Gasteiger partial charge in [-0.1, -0.05) is 6.92 Å². The average Bonchev–Trinajstić information content (AvgIpc) is 2.70. The van der Waals surface area contributed by atoms with E-state index in [1.807, 2.05) is 0 Å². The van der Waals surface area contributed by atoms with Gasteiger partial charge in [0.1, 0.15) is 0 Å². The second-order valence-electron chi connectivity index (χ2n) is 6.96. The van der Waals surface area contributed by atoms with Crippen LogP contribution < -0.4 is 10.0 Å². The zero-order valence-electron chi connectivity index (χ0n) is 16.0. The molecule has 150 valence electrons. The molecule has 0 spiro atoms. The molecule has 0 aliphatic carbocycles. The summed E-state index contributed by atoms with van der Waals surface area (Å²) in [5, 5.41) is 3.06. The second-order valence-corrected chi connectivity index (χ2v) is 8.64. The van der Waals surface area contributed by atoms with Gasteiger partial charge in [-0.25, -0.2) is 8.42 Å². The highest BCUT2D eigenvalue weighted by Gasteiger charge is 2.21. The third-order valence-electron chi connectivity index (χ3n) is 4.82. The van der Waals surface area contributed by atoms with Crippen LogP contribution in [0.5, 0.6) is 0 Å². The number of hydrogen-bond donors (Lipinski definition) is 2. The van der Waals surface area contributed by atoms with Crippen LogP contribution in [0, 0.1) is 0 Å². The van der Waals surface area contributed by atoms with Crippen molar-refractivity contribution in [3.05, 3.63) is 54.4 Å². The lowest BCUT2D eigenvalue weighted by atomic mass is 10.0. The highest BCUT2D eigenvalue weighted by Crippen LogP contribution is 2.17. The van der Waals surface area contributed by atoms with Crippen LogP contribution in [0.25, 0.3) is 0 Å². The van der Waals surface area contributed by atoms with Gasteiger partial charge in [0.15, 0.2) is 0 Å². The summed E-state index contributed by atoms with van der Waals surface area (Å²) in [6, 6.07) is 9.30. The SMILES string of the molecule is CCCN1CCC(NC(=O)c2ccc(S(=O)(=O)Nc3ccncc3)cc2)CC1. The van der Waals surface area contributed by atoms with Crippen molar-refractivity contribution in [1.82, 2.24) is 15.2 Å². The molecular formula is C20H26N4O3S. The van der Waals surface area contributed by atoms with Crippen molar-refractivity contribution < 1.29 is 13.2 Å². The number of benzene rings is 1. The number of likely N-dealkylation sites (tertiary alicyclic amines) is 1. The summed E-state index contributed by atoms with van der Waals surface area (Å²) in [7, 11) is -3.71. The number of sulfonamides is 1. The van der Waals surface area contributed by atoms with E-state index < -0.39 is 10.0 Å². The summed E-state index contributed by atoms with van der Waals surface area (Å²) >= 11 is 0. The molecule has 1 fully saturated rings. The smallest absolute Gasteiger partial charge is 0.261 e. The van der Waals surface area contributed by atoms with Crippen molar-refractivity contribution in [2.24, 2.45) is 0 Å². The highest BCUT2D eigenvalue weighted by molar-refractivity contribution is 7.92. The van der Waals surface area contributed by atoms with Gasteiger partial charge in [0.25, 0.3) is 15.9 Å². The van der Waals surface area contributed by atoms with E-state index in [2.05, 4.69) is 26.8 Å². The van der Waals surface area contributed by atoms with Gasteiger partial charge in [-0.2, -0.15) is 0 Å². The Morgan fingerprint density at radius 2 is 1.75 bits per heavy atom. The normalized spacial score (nSPS) is 15.9. The highest BCUT2D eigenvalue weighted by atomic mass is 32.2. The van der Waals surface area contributed by atoms with Crippen LogP contribution >= 0.6 is 0 Å². The van der Waals surface area contributed by atoms with Crippen molar-refractivity contribution in [3.63, 3.8) is 0 Å². The van der Waals surface area contributed by atoms with E-state index in [4.69, 9.17) is 0 Å². The predicted molar refractivity (Wildman–Crippen MR) is 109 cm³/mol. The van der Waals surface area contributed by atoms with Crippen LogP contribution in [-0.4, -0.2) is 49.9 Å². The van der Waals surface area contributed by atoms with Crippen molar-refractivity contribution in [3.8, 4) is 0 Å². The molecule has 0 radical (unpaired) electrons. The van der Waals surface area contributed by atoms with E-state index >= 15 is 0 Å². The second kappa shape index (κ2) is 9.16. The maximum atomic E-state index is 12.5. The number of piperidine rings is 1. The molecule has 1 amide bonds. The first kappa shape index (κ1) is 20.3.